The van der Waals surface area contributed by atoms with Gasteiger partial charge in [-0.3, -0.25) is 0 Å². The molecule has 0 heterocycles. The summed E-state index contributed by atoms with van der Waals surface area (Å²) in [6.07, 6.45) is 11.0. The summed E-state index contributed by atoms with van der Waals surface area (Å²) in [5.74, 6) is 2.65. The molecule has 0 atom stereocenters. The number of unbranched alkanes of at least 4 members (excludes halogenated alkanes) is 7. The predicted octanol–water partition coefficient (Wildman–Crippen LogP) is 4.69. The van der Waals surface area contributed by atoms with Crippen molar-refractivity contribution >= 4 is 11.8 Å². The highest BCUT2D eigenvalue weighted by Gasteiger charge is 1.91. The lowest BCUT2D eigenvalue weighted by Crippen LogP contribution is -1.83. The van der Waals surface area contributed by atoms with E-state index in [0.29, 0.717) is 0 Å². The van der Waals surface area contributed by atoms with Crippen LogP contribution in [0.4, 0.5) is 0 Å². The first-order valence-electron chi connectivity index (χ1n) is 5.78. The van der Waals surface area contributed by atoms with Crippen molar-refractivity contribution in [3.05, 3.63) is 6.92 Å². The second-order valence-corrected chi connectivity index (χ2v) is 4.92. The number of hydrogen-bond acceptors (Lipinski definition) is 1. The molecule has 1 heteroatoms. The zero-order chi connectivity index (χ0) is 9.78. The Morgan fingerprint density at radius 2 is 1.38 bits per heavy atom. The van der Waals surface area contributed by atoms with E-state index in [2.05, 4.69) is 25.6 Å². The Morgan fingerprint density at radius 3 is 1.92 bits per heavy atom. The Hall–Kier alpha value is 0.350. The fraction of sp³-hybridized carbons (Fsp3) is 0.917. The van der Waals surface area contributed by atoms with Crippen molar-refractivity contribution in [1.29, 1.82) is 0 Å². The van der Waals surface area contributed by atoms with Crippen LogP contribution in [0.3, 0.4) is 0 Å². The van der Waals surface area contributed by atoms with Crippen LogP contribution in [0.15, 0.2) is 0 Å². The van der Waals surface area contributed by atoms with Gasteiger partial charge in [-0.05, 0) is 17.9 Å². The van der Waals surface area contributed by atoms with Crippen molar-refractivity contribution in [3.63, 3.8) is 0 Å². The first-order valence-corrected chi connectivity index (χ1v) is 6.94. The van der Waals surface area contributed by atoms with E-state index in [4.69, 9.17) is 0 Å². The van der Waals surface area contributed by atoms with Crippen LogP contribution in [-0.4, -0.2) is 11.5 Å². The van der Waals surface area contributed by atoms with Gasteiger partial charge < -0.3 is 0 Å². The van der Waals surface area contributed by atoms with Gasteiger partial charge in [0.15, 0.2) is 0 Å². The second kappa shape index (κ2) is 12.3. The van der Waals surface area contributed by atoms with Crippen LogP contribution in [0.2, 0.25) is 0 Å². The average molecular weight is 201 g/mol. The molecule has 0 rings (SSSR count). The number of rotatable bonds is 10. The molecule has 0 spiro atoms. The van der Waals surface area contributed by atoms with E-state index in [1.165, 1.54) is 56.5 Å². The second-order valence-electron chi connectivity index (χ2n) is 3.53. The van der Waals surface area contributed by atoms with Crippen molar-refractivity contribution in [2.75, 3.05) is 11.5 Å². The molecule has 0 bridgehead atoms. The Labute approximate surface area is 88.9 Å². The third-order valence-electron chi connectivity index (χ3n) is 2.24. The summed E-state index contributed by atoms with van der Waals surface area (Å²) in [5, 5.41) is 0. The van der Waals surface area contributed by atoms with E-state index < -0.39 is 0 Å². The van der Waals surface area contributed by atoms with Crippen LogP contribution in [-0.2, 0) is 0 Å². The van der Waals surface area contributed by atoms with Gasteiger partial charge in [-0.25, -0.2) is 0 Å². The minimum Gasteiger partial charge on any atom is -0.162 e. The molecular formula is C12H25S. The summed E-state index contributed by atoms with van der Waals surface area (Å²) in [6.45, 7) is 6.09. The van der Waals surface area contributed by atoms with Crippen LogP contribution < -0.4 is 0 Å². The molecular weight excluding hydrogens is 176 g/mol. The molecule has 0 nitrogen and oxygen atoms in total. The Bertz CT molecular complexity index is 71.2. The zero-order valence-electron chi connectivity index (χ0n) is 9.19. The summed E-state index contributed by atoms with van der Waals surface area (Å²) < 4.78 is 0. The highest BCUT2D eigenvalue weighted by Crippen LogP contribution is 2.10. The maximum Gasteiger partial charge on any atom is -0.00676 e. The molecule has 0 aromatic carbocycles. The van der Waals surface area contributed by atoms with Gasteiger partial charge in [0, 0.05) is 0 Å². The highest BCUT2D eigenvalue weighted by molar-refractivity contribution is 7.99. The van der Waals surface area contributed by atoms with E-state index in [1.807, 2.05) is 0 Å². The van der Waals surface area contributed by atoms with Gasteiger partial charge in [0.05, 0.1) is 0 Å². The van der Waals surface area contributed by atoms with Crippen molar-refractivity contribution in [1.82, 2.24) is 0 Å². The molecule has 0 aliphatic heterocycles. The summed E-state index contributed by atoms with van der Waals surface area (Å²) in [5.41, 5.74) is 0. The maximum atomic E-state index is 3.85. The van der Waals surface area contributed by atoms with Crippen LogP contribution in [0.5, 0.6) is 0 Å². The SMILES string of the molecule is [CH2]CCCCCCCCCSCC. The molecule has 0 aliphatic carbocycles. The van der Waals surface area contributed by atoms with Crippen molar-refractivity contribution in [2.24, 2.45) is 0 Å². The Kier molecular flexibility index (Phi) is 12.7. The molecule has 0 unspecified atom stereocenters. The standard InChI is InChI=1S/C12H25S/c1-3-5-6-7-8-9-10-11-12-13-4-2/h1,3-12H2,2H3. The van der Waals surface area contributed by atoms with Gasteiger partial charge >= 0.3 is 0 Å². The molecule has 1 radical (unpaired) electrons. The number of thioether (sulfide) groups is 1. The fourth-order valence-corrected chi connectivity index (χ4v) is 2.11. The van der Waals surface area contributed by atoms with E-state index in [1.54, 1.807) is 0 Å². The third kappa shape index (κ3) is 12.4. The lowest BCUT2D eigenvalue weighted by molar-refractivity contribution is 0.593. The molecule has 13 heavy (non-hydrogen) atoms. The quantitative estimate of drug-likeness (QED) is 0.462. The van der Waals surface area contributed by atoms with Gasteiger partial charge in [-0.2, -0.15) is 11.8 Å². The molecule has 0 saturated carbocycles. The van der Waals surface area contributed by atoms with Crippen LogP contribution in [0.25, 0.3) is 0 Å². The van der Waals surface area contributed by atoms with Gasteiger partial charge in [0.2, 0.25) is 0 Å². The zero-order valence-corrected chi connectivity index (χ0v) is 10.0. The molecule has 0 amide bonds. The molecule has 0 aromatic rings. The van der Waals surface area contributed by atoms with Crippen molar-refractivity contribution < 1.29 is 0 Å². The average Bonchev–Trinajstić information content (AvgIpc) is 2.16. The summed E-state index contributed by atoms with van der Waals surface area (Å²) in [4.78, 5) is 0. The Balaban J connectivity index is 2.76. The van der Waals surface area contributed by atoms with Crippen LogP contribution in [0, 0.1) is 6.92 Å². The maximum absolute atomic E-state index is 3.85. The van der Waals surface area contributed by atoms with Gasteiger partial charge in [0.1, 0.15) is 0 Å². The van der Waals surface area contributed by atoms with Crippen LogP contribution in [0.1, 0.15) is 58.3 Å². The monoisotopic (exact) mass is 201 g/mol. The predicted molar refractivity (Wildman–Crippen MR) is 65.3 cm³/mol. The van der Waals surface area contributed by atoms with Gasteiger partial charge in [-0.1, -0.05) is 58.8 Å². The molecule has 0 fully saturated rings. The lowest BCUT2D eigenvalue weighted by atomic mass is 10.1. The summed E-state index contributed by atoms with van der Waals surface area (Å²) in [6, 6.07) is 0. The fourth-order valence-electron chi connectivity index (χ4n) is 1.41. The lowest BCUT2D eigenvalue weighted by Gasteiger charge is -2.00. The van der Waals surface area contributed by atoms with E-state index >= 15 is 0 Å². The molecule has 0 aliphatic rings. The molecule has 79 valence electrons. The van der Waals surface area contributed by atoms with Crippen molar-refractivity contribution in [3.8, 4) is 0 Å². The summed E-state index contributed by atoms with van der Waals surface area (Å²) in [7, 11) is 0. The minimum absolute atomic E-state index is 1.12. The van der Waals surface area contributed by atoms with Crippen molar-refractivity contribution in [2.45, 2.75) is 58.3 Å². The topological polar surface area (TPSA) is 0 Å². The number of hydrogen-bond donors (Lipinski definition) is 0. The van der Waals surface area contributed by atoms with Gasteiger partial charge in [0.25, 0.3) is 0 Å². The molecule has 0 saturated heterocycles. The first kappa shape index (κ1) is 13.4. The highest BCUT2D eigenvalue weighted by atomic mass is 32.2. The molecule has 0 N–H and O–H groups in total. The van der Waals surface area contributed by atoms with E-state index in [0.717, 1.165) is 6.42 Å². The smallest absolute Gasteiger partial charge is 0.00676 e. The summed E-state index contributed by atoms with van der Waals surface area (Å²) >= 11 is 2.07. The largest absolute Gasteiger partial charge is 0.162 e. The van der Waals surface area contributed by atoms with Gasteiger partial charge in [-0.15, -0.1) is 0 Å². The first-order chi connectivity index (χ1) is 6.41. The van der Waals surface area contributed by atoms with E-state index in [-0.39, 0.29) is 0 Å². The Morgan fingerprint density at radius 1 is 0.846 bits per heavy atom. The van der Waals surface area contributed by atoms with E-state index in [9.17, 15) is 0 Å². The minimum atomic E-state index is 1.12. The normalized spacial score (nSPS) is 10.6. The van der Waals surface area contributed by atoms with Crippen LogP contribution >= 0.6 is 11.8 Å². The molecule has 0 aromatic heterocycles. The third-order valence-corrected chi connectivity index (χ3v) is 3.23.